The molecule has 1 heterocycles. The maximum Gasteiger partial charge on any atom is 0.210 e. The van der Waals surface area contributed by atoms with E-state index in [4.69, 9.17) is 5.14 Å². The highest BCUT2D eigenvalue weighted by atomic mass is 32.2. The summed E-state index contributed by atoms with van der Waals surface area (Å²) in [5.74, 6) is -0.261. The van der Waals surface area contributed by atoms with Gasteiger partial charge in [0.2, 0.25) is 10.0 Å². The zero-order valence-corrected chi connectivity index (χ0v) is 11.2. The molecule has 0 aliphatic carbocycles. The summed E-state index contributed by atoms with van der Waals surface area (Å²) in [5.41, 5.74) is 0.687. The van der Waals surface area contributed by atoms with Gasteiger partial charge in [0.05, 0.1) is 16.4 Å². The molecule has 0 fully saturated rings. The molecule has 1 aliphatic rings. The van der Waals surface area contributed by atoms with Crippen LogP contribution < -0.4 is 10.5 Å². The van der Waals surface area contributed by atoms with Crippen molar-refractivity contribution in [2.45, 2.75) is 10.9 Å². The molecule has 8 heteroatoms. The van der Waals surface area contributed by atoms with Gasteiger partial charge in [0.25, 0.3) is 0 Å². The third-order valence-corrected chi connectivity index (χ3v) is 5.38. The third kappa shape index (κ3) is 2.89. The summed E-state index contributed by atoms with van der Waals surface area (Å²) in [6.07, 6.45) is 0. The van der Waals surface area contributed by atoms with Crippen molar-refractivity contribution in [3.8, 4) is 0 Å². The van der Waals surface area contributed by atoms with Crippen LogP contribution in [0.5, 0.6) is 0 Å². The van der Waals surface area contributed by atoms with Crippen molar-refractivity contribution < 1.29 is 16.8 Å². The number of fused-ring (bicyclic) bond motifs is 1. The van der Waals surface area contributed by atoms with Gasteiger partial charge in [-0.05, 0) is 11.6 Å². The predicted octanol–water partition coefficient (Wildman–Crippen LogP) is -0.607. The number of hydrogen-bond donors (Lipinski definition) is 2. The molecule has 100 valence electrons. The standard InChI is InChI=1S/C10H14N2O4S2/c11-18(15,16)6-5-12-9-7-17(13,14)10-4-2-1-3-8(9)10/h1-4,9,12H,5-7H2,(H2,11,15,16). The van der Waals surface area contributed by atoms with E-state index in [2.05, 4.69) is 5.32 Å². The fraction of sp³-hybridized carbons (Fsp3) is 0.400. The normalized spacial score (nSPS) is 21.7. The Morgan fingerprint density at radius 3 is 2.67 bits per heavy atom. The van der Waals surface area contributed by atoms with Crippen molar-refractivity contribution in [3.05, 3.63) is 29.8 Å². The van der Waals surface area contributed by atoms with Gasteiger partial charge in [0, 0.05) is 12.6 Å². The van der Waals surface area contributed by atoms with Gasteiger partial charge in [0.1, 0.15) is 0 Å². The molecule has 2 rings (SSSR count). The molecule has 1 unspecified atom stereocenters. The summed E-state index contributed by atoms with van der Waals surface area (Å²) in [7, 11) is -6.80. The van der Waals surface area contributed by atoms with E-state index in [1.54, 1.807) is 24.3 Å². The van der Waals surface area contributed by atoms with Crippen molar-refractivity contribution in [2.75, 3.05) is 18.1 Å². The van der Waals surface area contributed by atoms with Gasteiger partial charge in [-0.25, -0.2) is 22.0 Å². The molecule has 0 saturated heterocycles. The quantitative estimate of drug-likeness (QED) is 0.769. The van der Waals surface area contributed by atoms with E-state index in [0.29, 0.717) is 10.5 Å². The fourth-order valence-electron chi connectivity index (χ4n) is 1.99. The highest BCUT2D eigenvalue weighted by Crippen LogP contribution is 2.32. The van der Waals surface area contributed by atoms with Crippen LogP contribution >= 0.6 is 0 Å². The molecule has 6 nitrogen and oxygen atoms in total. The van der Waals surface area contributed by atoms with Crippen LogP contribution in [0.15, 0.2) is 29.2 Å². The molecule has 0 radical (unpaired) electrons. The first kappa shape index (κ1) is 13.5. The number of primary sulfonamides is 1. The molecule has 18 heavy (non-hydrogen) atoms. The van der Waals surface area contributed by atoms with Gasteiger partial charge in [-0.1, -0.05) is 18.2 Å². The van der Waals surface area contributed by atoms with Gasteiger partial charge in [-0.2, -0.15) is 0 Å². The lowest BCUT2D eigenvalue weighted by Crippen LogP contribution is -2.30. The summed E-state index contributed by atoms with van der Waals surface area (Å²) in [6, 6.07) is 6.35. The monoisotopic (exact) mass is 290 g/mol. The van der Waals surface area contributed by atoms with Crippen molar-refractivity contribution in [1.29, 1.82) is 0 Å². The highest BCUT2D eigenvalue weighted by molar-refractivity contribution is 7.91. The van der Waals surface area contributed by atoms with Crippen LogP contribution in [0.25, 0.3) is 0 Å². The maximum atomic E-state index is 11.8. The second-order valence-electron chi connectivity index (χ2n) is 4.19. The number of hydrogen-bond acceptors (Lipinski definition) is 5. The molecule has 0 aromatic heterocycles. The molecule has 3 N–H and O–H groups in total. The Hall–Kier alpha value is -0.960. The number of sulfonamides is 1. The van der Waals surface area contributed by atoms with Gasteiger partial charge >= 0.3 is 0 Å². The average Bonchev–Trinajstić information content (AvgIpc) is 2.50. The zero-order valence-electron chi connectivity index (χ0n) is 9.53. The minimum absolute atomic E-state index is 0.0447. The van der Waals surface area contributed by atoms with Gasteiger partial charge in [0.15, 0.2) is 9.84 Å². The van der Waals surface area contributed by atoms with Crippen LogP contribution in [0.4, 0.5) is 0 Å². The summed E-state index contributed by atoms with van der Waals surface area (Å²) in [4.78, 5) is 0.318. The Morgan fingerprint density at radius 2 is 2.00 bits per heavy atom. The van der Waals surface area contributed by atoms with Crippen molar-refractivity contribution in [1.82, 2.24) is 5.32 Å². The first-order valence-corrected chi connectivity index (χ1v) is 8.72. The van der Waals surface area contributed by atoms with Crippen molar-refractivity contribution in [3.63, 3.8) is 0 Å². The zero-order chi connectivity index (χ0) is 13.4. The Morgan fingerprint density at radius 1 is 1.33 bits per heavy atom. The first-order valence-electron chi connectivity index (χ1n) is 5.35. The summed E-state index contributed by atoms with van der Waals surface area (Å²) >= 11 is 0. The Kier molecular flexibility index (Phi) is 3.45. The molecule has 1 aromatic rings. The first-order chi connectivity index (χ1) is 8.30. The van der Waals surface area contributed by atoms with Crippen LogP contribution in [0.2, 0.25) is 0 Å². The molecular formula is C10H14N2O4S2. The van der Waals surface area contributed by atoms with E-state index < -0.39 is 19.9 Å². The molecule has 0 saturated carbocycles. The predicted molar refractivity (Wildman–Crippen MR) is 67.2 cm³/mol. The lowest BCUT2D eigenvalue weighted by atomic mass is 10.1. The van der Waals surface area contributed by atoms with E-state index in [1.807, 2.05) is 0 Å². The van der Waals surface area contributed by atoms with Crippen LogP contribution in [-0.4, -0.2) is 34.9 Å². The topological polar surface area (TPSA) is 106 Å². The van der Waals surface area contributed by atoms with Crippen LogP contribution in [0.3, 0.4) is 0 Å². The van der Waals surface area contributed by atoms with Crippen LogP contribution in [0.1, 0.15) is 11.6 Å². The van der Waals surface area contributed by atoms with E-state index in [1.165, 1.54) is 0 Å². The number of sulfone groups is 1. The lowest BCUT2D eigenvalue weighted by Gasteiger charge is -2.11. The van der Waals surface area contributed by atoms with Gasteiger partial charge in [-0.3, -0.25) is 0 Å². The average molecular weight is 290 g/mol. The second kappa shape index (κ2) is 4.61. The van der Waals surface area contributed by atoms with Crippen LogP contribution in [0, 0.1) is 0 Å². The fourth-order valence-corrected chi connectivity index (χ4v) is 4.17. The van der Waals surface area contributed by atoms with E-state index >= 15 is 0 Å². The molecule has 0 bridgehead atoms. The molecule has 1 atom stereocenters. The van der Waals surface area contributed by atoms with Gasteiger partial charge in [-0.15, -0.1) is 0 Å². The summed E-state index contributed by atoms with van der Waals surface area (Å²) in [6.45, 7) is 0.132. The maximum absolute atomic E-state index is 11.8. The Labute approximate surface area is 106 Å². The van der Waals surface area contributed by atoms with E-state index in [0.717, 1.165) is 0 Å². The Bertz CT molecular complexity index is 652. The van der Waals surface area contributed by atoms with E-state index in [9.17, 15) is 16.8 Å². The van der Waals surface area contributed by atoms with E-state index in [-0.39, 0.29) is 24.1 Å². The SMILES string of the molecule is NS(=O)(=O)CCNC1CS(=O)(=O)c2ccccc21. The summed E-state index contributed by atoms with van der Waals surface area (Å²) < 4.78 is 45.3. The molecule has 1 aromatic carbocycles. The minimum atomic E-state index is -3.53. The lowest BCUT2D eigenvalue weighted by molar-refractivity contribution is 0.569. The largest absolute Gasteiger partial charge is 0.308 e. The number of benzene rings is 1. The summed E-state index contributed by atoms with van der Waals surface area (Å²) in [5, 5.41) is 7.79. The van der Waals surface area contributed by atoms with Gasteiger partial charge < -0.3 is 5.32 Å². The third-order valence-electron chi connectivity index (χ3n) is 2.79. The molecular weight excluding hydrogens is 276 g/mol. The van der Waals surface area contributed by atoms with Crippen molar-refractivity contribution in [2.24, 2.45) is 5.14 Å². The molecule has 0 spiro atoms. The molecule has 0 amide bonds. The number of rotatable bonds is 4. The molecule has 1 aliphatic heterocycles. The number of nitrogens with one attached hydrogen (secondary N) is 1. The minimum Gasteiger partial charge on any atom is -0.308 e. The Balaban J connectivity index is 2.14. The smallest absolute Gasteiger partial charge is 0.210 e. The highest BCUT2D eigenvalue weighted by Gasteiger charge is 2.33. The van der Waals surface area contributed by atoms with Crippen LogP contribution in [-0.2, 0) is 19.9 Å². The second-order valence-corrected chi connectivity index (χ2v) is 7.93. The number of nitrogens with two attached hydrogens (primary N) is 1. The van der Waals surface area contributed by atoms with Crippen molar-refractivity contribution >= 4 is 19.9 Å².